The van der Waals surface area contributed by atoms with Gasteiger partial charge in [-0.25, -0.2) is 0 Å². The average Bonchev–Trinajstić information content (AvgIpc) is 2.36. The fraction of sp³-hybridized carbons (Fsp3) is 0.733. The van der Waals surface area contributed by atoms with E-state index >= 15 is 0 Å². The summed E-state index contributed by atoms with van der Waals surface area (Å²) in [4.78, 5) is 26.9. The van der Waals surface area contributed by atoms with Gasteiger partial charge in [0.25, 0.3) is 0 Å². The molecule has 0 radical (unpaired) electrons. The Kier molecular flexibility index (Phi) is 6.20. The van der Waals surface area contributed by atoms with E-state index in [1.807, 2.05) is 18.7 Å². The number of likely N-dealkylation sites (tertiary alicyclic amines) is 1. The highest BCUT2D eigenvalue weighted by atomic mass is 16.4. The number of nitrogens with zero attached hydrogens (tertiary/aromatic N) is 2. The molecule has 0 aromatic heterocycles. The van der Waals surface area contributed by atoms with Gasteiger partial charge in [0.15, 0.2) is 0 Å². The normalized spacial score (nSPS) is 23.2. The van der Waals surface area contributed by atoms with E-state index in [0.29, 0.717) is 25.9 Å². The molecule has 2 unspecified atom stereocenters. The molecule has 20 heavy (non-hydrogen) atoms. The number of rotatable bonds is 5. The molecule has 1 fully saturated rings. The first-order valence-electron chi connectivity index (χ1n) is 7.14. The van der Waals surface area contributed by atoms with Gasteiger partial charge in [0, 0.05) is 27.2 Å². The van der Waals surface area contributed by atoms with E-state index in [1.54, 1.807) is 19.0 Å². The minimum Gasteiger partial charge on any atom is -0.480 e. The Hall–Kier alpha value is -1.36. The van der Waals surface area contributed by atoms with Crippen molar-refractivity contribution in [3.8, 4) is 0 Å². The maximum Gasteiger partial charge on any atom is 0.320 e. The van der Waals surface area contributed by atoms with Crippen LogP contribution in [0.25, 0.3) is 0 Å². The zero-order valence-electron chi connectivity index (χ0n) is 12.9. The molecule has 114 valence electrons. The fourth-order valence-electron chi connectivity index (χ4n) is 2.66. The van der Waals surface area contributed by atoms with Crippen LogP contribution in [-0.4, -0.2) is 60.0 Å². The predicted molar refractivity (Wildman–Crippen MR) is 78.5 cm³/mol. The van der Waals surface area contributed by atoms with Crippen LogP contribution < -0.4 is 0 Å². The monoisotopic (exact) mass is 282 g/mol. The van der Waals surface area contributed by atoms with Gasteiger partial charge < -0.3 is 10.0 Å². The Bertz CT molecular complexity index is 387. The quantitative estimate of drug-likeness (QED) is 0.778. The first-order valence-corrected chi connectivity index (χ1v) is 7.14. The molecule has 0 bridgehead atoms. The van der Waals surface area contributed by atoms with Crippen LogP contribution in [0.2, 0.25) is 0 Å². The SMILES string of the molecule is CC(C)=CCCN1CC(C(=O)N(C)C)CCC1C(=O)O. The van der Waals surface area contributed by atoms with Gasteiger partial charge in [-0.2, -0.15) is 0 Å². The van der Waals surface area contributed by atoms with E-state index in [0.717, 1.165) is 6.42 Å². The molecule has 0 aliphatic carbocycles. The first kappa shape index (κ1) is 16.7. The van der Waals surface area contributed by atoms with Crippen molar-refractivity contribution < 1.29 is 14.7 Å². The summed E-state index contributed by atoms with van der Waals surface area (Å²) in [6.07, 6.45) is 4.15. The van der Waals surface area contributed by atoms with E-state index in [4.69, 9.17) is 0 Å². The van der Waals surface area contributed by atoms with Crippen molar-refractivity contribution in [3.05, 3.63) is 11.6 Å². The van der Waals surface area contributed by atoms with Gasteiger partial charge in [-0.1, -0.05) is 11.6 Å². The molecular weight excluding hydrogens is 256 g/mol. The lowest BCUT2D eigenvalue weighted by Crippen LogP contribution is -2.51. The van der Waals surface area contributed by atoms with Crippen molar-refractivity contribution in [3.63, 3.8) is 0 Å². The van der Waals surface area contributed by atoms with Crippen molar-refractivity contribution in [1.29, 1.82) is 0 Å². The molecule has 0 aromatic carbocycles. The van der Waals surface area contributed by atoms with Crippen LogP contribution in [0.5, 0.6) is 0 Å². The van der Waals surface area contributed by atoms with E-state index in [1.165, 1.54) is 5.57 Å². The molecule has 1 N–H and O–H groups in total. The molecule has 1 amide bonds. The molecule has 0 saturated carbocycles. The number of allylic oxidation sites excluding steroid dienone is 1. The van der Waals surface area contributed by atoms with E-state index in [9.17, 15) is 14.7 Å². The predicted octanol–water partition coefficient (Wildman–Crippen LogP) is 1.60. The average molecular weight is 282 g/mol. The van der Waals surface area contributed by atoms with Crippen LogP contribution in [0.15, 0.2) is 11.6 Å². The number of aliphatic carboxylic acids is 1. The Morgan fingerprint density at radius 3 is 2.45 bits per heavy atom. The number of hydrogen-bond acceptors (Lipinski definition) is 3. The highest BCUT2D eigenvalue weighted by Crippen LogP contribution is 2.24. The molecule has 0 spiro atoms. The van der Waals surface area contributed by atoms with Gasteiger partial charge >= 0.3 is 5.97 Å². The van der Waals surface area contributed by atoms with Crippen molar-refractivity contribution in [2.24, 2.45) is 5.92 Å². The lowest BCUT2D eigenvalue weighted by atomic mass is 9.91. The standard InChI is InChI=1S/C15H26N2O3/c1-11(2)6-5-9-17-10-12(14(18)16(3)4)7-8-13(17)15(19)20/h6,12-13H,5,7-10H2,1-4H3,(H,19,20). The molecule has 1 aliphatic rings. The molecule has 1 rings (SSSR count). The topological polar surface area (TPSA) is 60.9 Å². The van der Waals surface area contributed by atoms with Crippen molar-refractivity contribution in [2.75, 3.05) is 27.2 Å². The zero-order chi connectivity index (χ0) is 15.3. The summed E-state index contributed by atoms with van der Waals surface area (Å²) < 4.78 is 0. The summed E-state index contributed by atoms with van der Waals surface area (Å²) in [5, 5.41) is 9.30. The fourth-order valence-corrected chi connectivity index (χ4v) is 2.66. The van der Waals surface area contributed by atoms with Crippen molar-refractivity contribution >= 4 is 11.9 Å². The van der Waals surface area contributed by atoms with E-state index in [-0.39, 0.29) is 11.8 Å². The third-order valence-electron chi connectivity index (χ3n) is 3.73. The number of hydrogen-bond donors (Lipinski definition) is 1. The summed E-state index contributed by atoms with van der Waals surface area (Å²) in [7, 11) is 3.50. The summed E-state index contributed by atoms with van der Waals surface area (Å²) in [5.41, 5.74) is 1.23. The molecule has 1 heterocycles. The third-order valence-corrected chi connectivity index (χ3v) is 3.73. The van der Waals surface area contributed by atoms with Gasteiger partial charge in [0.1, 0.15) is 6.04 Å². The second kappa shape index (κ2) is 7.43. The van der Waals surface area contributed by atoms with Gasteiger partial charge in [0.2, 0.25) is 5.91 Å². The Balaban J connectivity index is 2.69. The lowest BCUT2D eigenvalue weighted by Gasteiger charge is -2.37. The number of piperidine rings is 1. The molecular formula is C15H26N2O3. The van der Waals surface area contributed by atoms with Crippen LogP contribution in [0.1, 0.15) is 33.1 Å². The van der Waals surface area contributed by atoms with Crippen LogP contribution in [0, 0.1) is 5.92 Å². The number of carbonyl (C=O) groups is 2. The maximum atomic E-state index is 12.0. The summed E-state index contributed by atoms with van der Waals surface area (Å²) in [6, 6.07) is -0.452. The first-order chi connectivity index (χ1) is 9.32. The number of carboxylic acids is 1. The minimum absolute atomic E-state index is 0.0766. The molecule has 1 saturated heterocycles. The zero-order valence-corrected chi connectivity index (χ0v) is 12.9. The highest BCUT2D eigenvalue weighted by Gasteiger charge is 2.35. The summed E-state index contributed by atoms with van der Waals surface area (Å²) >= 11 is 0. The molecule has 5 heteroatoms. The van der Waals surface area contributed by atoms with E-state index < -0.39 is 12.0 Å². The Morgan fingerprint density at radius 2 is 1.95 bits per heavy atom. The van der Waals surface area contributed by atoms with Gasteiger partial charge in [0.05, 0.1) is 5.92 Å². The van der Waals surface area contributed by atoms with Gasteiger partial charge in [-0.3, -0.25) is 14.5 Å². The Morgan fingerprint density at radius 1 is 1.30 bits per heavy atom. The number of carboxylic acid groups (broad SMARTS) is 1. The second-order valence-corrected chi connectivity index (χ2v) is 5.93. The van der Waals surface area contributed by atoms with Crippen LogP contribution >= 0.6 is 0 Å². The minimum atomic E-state index is -0.780. The maximum absolute atomic E-state index is 12.0. The van der Waals surface area contributed by atoms with E-state index in [2.05, 4.69) is 6.08 Å². The number of amides is 1. The summed E-state index contributed by atoms with van der Waals surface area (Å²) in [5.74, 6) is -0.758. The molecule has 0 aromatic rings. The van der Waals surface area contributed by atoms with Gasteiger partial charge in [-0.15, -0.1) is 0 Å². The number of carbonyl (C=O) groups excluding carboxylic acids is 1. The van der Waals surface area contributed by atoms with Crippen LogP contribution in [0.3, 0.4) is 0 Å². The highest BCUT2D eigenvalue weighted by molar-refractivity contribution is 5.79. The third kappa shape index (κ3) is 4.63. The molecule has 2 atom stereocenters. The molecule has 1 aliphatic heterocycles. The summed E-state index contributed by atoms with van der Waals surface area (Å²) in [6.45, 7) is 5.30. The smallest absolute Gasteiger partial charge is 0.320 e. The van der Waals surface area contributed by atoms with Crippen molar-refractivity contribution in [2.45, 2.75) is 39.2 Å². The van der Waals surface area contributed by atoms with Crippen LogP contribution in [0.4, 0.5) is 0 Å². The Labute approximate surface area is 121 Å². The lowest BCUT2D eigenvalue weighted by molar-refractivity contribution is -0.148. The second-order valence-electron chi connectivity index (χ2n) is 5.93. The van der Waals surface area contributed by atoms with Crippen molar-refractivity contribution in [1.82, 2.24) is 9.80 Å². The molecule has 5 nitrogen and oxygen atoms in total. The largest absolute Gasteiger partial charge is 0.480 e. The van der Waals surface area contributed by atoms with Crippen LogP contribution in [-0.2, 0) is 9.59 Å². The van der Waals surface area contributed by atoms with Gasteiger partial charge in [-0.05, 0) is 33.1 Å².